The third-order valence-electron chi connectivity index (χ3n) is 4.87. The first-order chi connectivity index (χ1) is 14.0. The molecule has 0 saturated heterocycles. The summed E-state index contributed by atoms with van der Waals surface area (Å²) in [5, 5.41) is 5.79. The third-order valence-corrected chi connectivity index (χ3v) is 4.87. The molecule has 0 aromatic heterocycles. The molecule has 0 fully saturated rings. The van der Waals surface area contributed by atoms with Gasteiger partial charge in [0, 0.05) is 28.9 Å². The van der Waals surface area contributed by atoms with Gasteiger partial charge in [0.15, 0.2) is 0 Å². The lowest BCUT2D eigenvalue weighted by Crippen LogP contribution is -2.23. The Balaban J connectivity index is 1.70. The van der Waals surface area contributed by atoms with Gasteiger partial charge in [-0.05, 0) is 55.3 Å². The fraction of sp³-hybridized carbons (Fsp3) is 0.167. The number of carbonyl (C=O) groups is 2. The highest BCUT2D eigenvalue weighted by Crippen LogP contribution is 2.20. The first-order valence-electron chi connectivity index (χ1n) is 9.37. The molecule has 2 amide bonds. The zero-order chi connectivity index (χ0) is 20.8. The van der Waals surface area contributed by atoms with Crippen LogP contribution in [0.3, 0.4) is 0 Å². The summed E-state index contributed by atoms with van der Waals surface area (Å²) in [7, 11) is 1.60. The number of para-hydroxylation sites is 1. The highest BCUT2D eigenvalue weighted by Gasteiger charge is 2.12. The molecule has 0 atom stereocenters. The summed E-state index contributed by atoms with van der Waals surface area (Å²) in [4.78, 5) is 25.2. The number of aryl methyl sites for hydroxylation is 1. The van der Waals surface area contributed by atoms with Crippen LogP contribution in [0.15, 0.2) is 66.7 Å². The van der Waals surface area contributed by atoms with Crippen molar-refractivity contribution in [2.45, 2.75) is 20.4 Å². The lowest BCUT2D eigenvalue weighted by atomic mass is 10.1. The molecule has 29 heavy (non-hydrogen) atoms. The van der Waals surface area contributed by atoms with E-state index in [0.717, 1.165) is 28.1 Å². The van der Waals surface area contributed by atoms with Crippen LogP contribution in [0.1, 0.15) is 37.4 Å². The van der Waals surface area contributed by atoms with Crippen molar-refractivity contribution in [3.8, 4) is 5.75 Å². The molecular formula is C24H24N2O3. The number of benzene rings is 3. The number of nitrogens with one attached hydrogen (secondary N) is 2. The zero-order valence-electron chi connectivity index (χ0n) is 16.8. The van der Waals surface area contributed by atoms with Crippen LogP contribution in [0.4, 0.5) is 5.69 Å². The molecule has 3 aromatic carbocycles. The quantitative estimate of drug-likeness (QED) is 0.654. The van der Waals surface area contributed by atoms with Crippen LogP contribution in [0.2, 0.25) is 0 Å². The second-order valence-electron chi connectivity index (χ2n) is 6.78. The average molecular weight is 388 g/mol. The highest BCUT2D eigenvalue weighted by atomic mass is 16.5. The van der Waals surface area contributed by atoms with Gasteiger partial charge in [-0.2, -0.15) is 0 Å². The van der Waals surface area contributed by atoms with Crippen LogP contribution in [0, 0.1) is 13.8 Å². The lowest BCUT2D eigenvalue weighted by molar-refractivity contribution is 0.0950. The standard InChI is InChI=1S/C24H24N2O3/c1-16-8-6-12-21(17(16)2)26-24(28)19-11-7-10-18(14-19)23(27)25-15-20-9-4-5-13-22(20)29-3/h4-14H,15H2,1-3H3,(H,25,27)(H,26,28). The minimum atomic E-state index is -0.253. The van der Waals surface area contributed by atoms with Crippen molar-refractivity contribution in [2.24, 2.45) is 0 Å². The number of hydrogen-bond donors (Lipinski definition) is 2. The molecule has 0 bridgehead atoms. The number of methoxy groups -OCH3 is 1. The second-order valence-corrected chi connectivity index (χ2v) is 6.78. The molecule has 3 aromatic rings. The van der Waals surface area contributed by atoms with Gasteiger partial charge in [-0.1, -0.05) is 36.4 Å². The van der Waals surface area contributed by atoms with E-state index in [9.17, 15) is 9.59 Å². The first-order valence-corrected chi connectivity index (χ1v) is 9.37. The number of amides is 2. The summed E-state index contributed by atoms with van der Waals surface area (Å²) < 4.78 is 5.30. The van der Waals surface area contributed by atoms with Gasteiger partial charge < -0.3 is 15.4 Å². The molecule has 148 valence electrons. The summed E-state index contributed by atoms with van der Waals surface area (Å²) >= 11 is 0. The van der Waals surface area contributed by atoms with Crippen LogP contribution in [0.5, 0.6) is 5.75 Å². The van der Waals surface area contributed by atoms with Gasteiger partial charge in [-0.25, -0.2) is 0 Å². The Labute approximate surface area is 170 Å². The summed E-state index contributed by atoms with van der Waals surface area (Å²) in [6.07, 6.45) is 0. The van der Waals surface area contributed by atoms with Gasteiger partial charge in [0.05, 0.1) is 7.11 Å². The van der Waals surface area contributed by atoms with E-state index in [2.05, 4.69) is 10.6 Å². The topological polar surface area (TPSA) is 67.4 Å². The molecule has 5 nitrogen and oxygen atoms in total. The maximum absolute atomic E-state index is 12.7. The van der Waals surface area contributed by atoms with Crippen molar-refractivity contribution in [1.29, 1.82) is 0 Å². The van der Waals surface area contributed by atoms with E-state index in [4.69, 9.17) is 4.74 Å². The molecule has 0 saturated carbocycles. The number of hydrogen-bond acceptors (Lipinski definition) is 3. The Morgan fingerprint density at radius 1 is 0.862 bits per heavy atom. The van der Waals surface area contributed by atoms with Gasteiger partial charge >= 0.3 is 0 Å². The molecular weight excluding hydrogens is 364 g/mol. The van der Waals surface area contributed by atoms with Crippen LogP contribution in [0.25, 0.3) is 0 Å². The minimum absolute atomic E-state index is 0.252. The SMILES string of the molecule is COc1ccccc1CNC(=O)c1cccc(C(=O)Nc2cccc(C)c2C)c1. The van der Waals surface area contributed by atoms with E-state index in [0.29, 0.717) is 17.7 Å². The number of carbonyl (C=O) groups excluding carboxylic acids is 2. The van der Waals surface area contributed by atoms with E-state index < -0.39 is 0 Å². The molecule has 0 heterocycles. The maximum atomic E-state index is 12.7. The van der Waals surface area contributed by atoms with Crippen LogP contribution >= 0.6 is 0 Å². The van der Waals surface area contributed by atoms with E-state index in [1.807, 2.05) is 56.3 Å². The minimum Gasteiger partial charge on any atom is -0.496 e. The van der Waals surface area contributed by atoms with Crippen molar-refractivity contribution in [3.05, 3.63) is 94.5 Å². The predicted molar refractivity (Wildman–Crippen MR) is 114 cm³/mol. The number of rotatable bonds is 6. The predicted octanol–water partition coefficient (Wildman–Crippen LogP) is 4.49. The summed E-state index contributed by atoms with van der Waals surface area (Å²) in [5.41, 5.74) is 4.62. The normalized spacial score (nSPS) is 10.3. The van der Waals surface area contributed by atoms with E-state index in [-0.39, 0.29) is 11.8 Å². The van der Waals surface area contributed by atoms with Crippen LogP contribution < -0.4 is 15.4 Å². The molecule has 0 aliphatic heterocycles. The van der Waals surface area contributed by atoms with E-state index in [1.165, 1.54) is 0 Å². The smallest absolute Gasteiger partial charge is 0.255 e. The summed E-state index contributed by atoms with van der Waals surface area (Å²) in [6.45, 7) is 4.30. The highest BCUT2D eigenvalue weighted by molar-refractivity contribution is 6.06. The molecule has 2 N–H and O–H groups in total. The molecule has 0 radical (unpaired) electrons. The van der Waals surface area contributed by atoms with Gasteiger partial charge in [0.25, 0.3) is 11.8 Å². The lowest BCUT2D eigenvalue weighted by Gasteiger charge is -2.12. The van der Waals surface area contributed by atoms with Crippen molar-refractivity contribution >= 4 is 17.5 Å². The Kier molecular flexibility index (Phi) is 6.29. The summed E-state index contributed by atoms with van der Waals surface area (Å²) in [5.74, 6) is 0.213. The fourth-order valence-corrected chi connectivity index (χ4v) is 3.01. The average Bonchev–Trinajstić information content (AvgIpc) is 2.75. The number of anilines is 1. The van der Waals surface area contributed by atoms with Gasteiger partial charge in [0.2, 0.25) is 0 Å². The third kappa shape index (κ3) is 4.82. The van der Waals surface area contributed by atoms with Crippen molar-refractivity contribution < 1.29 is 14.3 Å². The van der Waals surface area contributed by atoms with E-state index in [1.54, 1.807) is 31.4 Å². The Bertz CT molecular complexity index is 1040. The second kappa shape index (κ2) is 9.06. The largest absolute Gasteiger partial charge is 0.496 e. The fourth-order valence-electron chi connectivity index (χ4n) is 3.01. The molecule has 0 unspecified atom stereocenters. The van der Waals surface area contributed by atoms with Gasteiger partial charge in [-0.15, -0.1) is 0 Å². The monoisotopic (exact) mass is 388 g/mol. The van der Waals surface area contributed by atoms with Crippen molar-refractivity contribution in [2.75, 3.05) is 12.4 Å². The number of ether oxygens (including phenoxy) is 1. The molecule has 0 aliphatic carbocycles. The van der Waals surface area contributed by atoms with E-state index >= 15 is 0 Å². The zero-order valence-corrected chi connectivity index (χ0v) is 16.8. The Morgan fingerprint density at radius 3 is 2.31 bits per heavy atom. The van der Waals surface area contributed by atoms with Gasteiger partial charge in [-0.3, -0.25) is 9.59 Å². The van der Waals surface area contributed by atoms with Crippen molar-refractivity contribution in [3.63, 3.8) is 0 Å². The Morgan fingerprint density at radius 2 is 1.55 bits per heavy atom. The van der Waals surface area contributed by atoms with Crippen LogP contribution in [-0.2, 0) is 6.54 Å². The van der Waals surface area contributed by atoms with Gasteiger partial charge in [0.1, 0.15) is 5.75 Å². The summed E-state index contributed by atoms with van der Waals surface area (Å²) in [6, 6.07) is 20.0. The Hall–Kier alpha value is -3.60. The molecule has 3 rings (SSSR count). The molecule has 0 spiro atoms. The molecule has 0 aliphatic rings. The van der Waals surface area contributed by atoms with Crippen LogP contribution in [-0.4, -0.2) is 18.9 Å². The van der Waals surface area contributed by atoms with Crippen molar-refractivity contribution in [1.82, 2.24) is 5.32 Å². The first kappa shape index (κ1) is 20.1. The molecule has 5 heteroatoms. The maximum Gasteiger partial charge on any atom is 0.255 e.